The largest absolute Gasteiger partial charge is 0.338 e. The van der Waals surface area contributed by atoms with Crippen molar-refractivity contribution in [2.24, 2.45) is 0 Å². The van der Waals surface area contributed by atoms with Gasteiger partial charge in [0.2, 0.25) is 11.9 Å². The smallest absolute Gasteiger partial charge is 0.305 e. The molecule has 2 aromatic rings. The summed E-state index contributed by atoms with van der Waals surface area (Å²) in [5.41, 5.74) is 0.658. The summed E-state index contributed by atoms with van der Waals surface area (Å²) in [7, 11) is 0. The minimum absolute atomic E-state index is 0.0498. The van der Waals surface area contributed by atoms with E-state index in [1.54, 1.807) is 0 Å². The van der Waals surface area contributed by atoms with Crippen molar-refractivity contribution in [3.8, 4) is 0 Å². The molecule has 1 aliphatic rings. The molecular formula is C16H18N6O3. The molecule has 0 spiro atoms. The van der Waals surface area contributed by atoms with Gasteiger partial charge in [0.15, 0.2) is 0 Å². The van der Waals surface area contributed by atoms with Gasteiger partial charge in [-0.1, -0.05) is 18.2 Å². The van der Waals surface area contributed by atoms with E-state index in [9.17, 15) is 14.9 Å². The number of nitrogens with one attached hydrogen (secondary N) is 1. The van der Waals surface area contributed by atoms with E-state index in [-0.39, 0.29) is 11.6 Å². The molecule has 1 fully saturated rings. The van der Waals surface area contributed by atoms with E-state index in [2.05, 4.69) is 20.2 Å². The molecule has 0 aliphatic carbocycles. The van der Waals surface area contributed by atoms with Crippen molar-refractivity contribution in [1.29, 1.82) is 0 Å². The Morgan fingerprint density at radius 3 is 2.36 bits per heavy atom. The molecule has 2 heterocycles. The summed E-state index contributed by atoms with van der Waals surface area (Å²) in [5, 5.41) is 13.5. The number of carbonyl (C=O) groups is 1. The third kappa shape index (κ3) is 4.48. The highest BCUT2D eigenvalue weighted by Gasteiger charge is 2.21. The predicted octanol–water partition coefficient (Wildman–Crippen LogP) is 1.15. The number of aromatic nitrogens is 2. The van der Waals surface area contributed by atoms with E-state index in [1.807, 2.05) is 35.2 Å². The fraction of sp³-hybridized carbons (Fsp3) is 0.312. The molecule has 0 bridgehead atoms. The molecule has 1 aromatic carbocycles. The number of hydrogen-bond donors (Lipinski definition) is 1. The second kappa shape index (κ2) is 7.67. The van der Waals surface area contributed by atoms with Crippen LogP contribution in [0.2, 0.25) is 0 Å². The van der Waals surface area contributed by atoms with Gasteiger partial charge in [-0.2, -0.15) is 0 Å². The molecule has 1 N–H and O–H groups in total. The molecule has 9 nitrogen and oxygen atoms in total. The second-order valence-electron chi connectivity index (χ2n) is 5.68. The summed E-state index contributed by atoms with van der Waals surface area (Å²) in [6, 6.07) is 9.34. The molecule has 0 unspecified atom stereocenters. The Morgan fingerprint density at radius 1 is 1.12 bits per heavy atom. The van der Waals surface area contributed by atoms with Crippen LogP contribution in [0.5, 0.6) is 0 Å². The van der Waals surface area contributed by atoms with Crippen LogP contribution >= 0.6 is 0 Å². The highest BCUT2D eigenvalue weighted by Crippen LogP contribution is 2.14. The van der Waals surface area contributed by atoms with Crippen LogP contribution in [0.4, 0.5) is 17.3 Å². The monoisotopic (exact) mass is 342 g/mol. The summed E-state index contributed by atoms with van der Waals surface area (Å²) in [6.07, 6.45) is 2.42. The Labute approximate surface area is 144 Å². The maximum absolute atomic E-state index is 12.1. The van der Waals surface area contributed by atoms with Crippen molar-refractivity contribution in [2.45, 2.75) is 0 Å². The number of piperazine rings is 1. The lowest BCUT2D eigenvalue weighted by molar-refractivity contribution is -0.385. The van der Waals surface area contributed by atoms with Crippen molar-refractivity contribution >= 4 is 23.2 Å². The Hall–Kier alpha value is -3.07. The Morgan fingerprint density at radius 2 is 1.76 bits per heavy atom. The van der Waals surface area contributed by atoms with Gasteiger partial charge in [-0.05, 0) is 12.1 Å². The predicted molar refractivity (Wildman–Crippen MR) is 92.4 cm³/mol. The van der Waals surface area contributed by atoms with Gasteiger partial charge in [-0.3, -0.25) is 19.8 Å². The molecule has 0 saturated carbocycles. The average Bonchev–Trinajstić information content (AvgIpc) is 2.63. The fourth-order valence-corrected chi connectivity index (χ4v) is 2.60. The first-order chi connectivity index (χ1) is 12.1. The number of rotatable bonds is 5. The molecule has 130 valence electrons. The second-order valence-corrected chi connectivity index (χ2v) is 5.68. The van der Waals surface area contributed by atoms with Gasteiger partial charge < -0.3 is 10.2 Å². The molecule has 1 aliphatic heterocycles. The van der Waals surface area contributed by atoms with E-state index >= 15 is 0 Å². The van der Waals surface area contributed by atoms with E-state index in [0.717, 1.165) is 5.69 Å². The topological polar surface area (TPSA) is 104 Å². The van der Waals surface area contributed by atoms with Crippen LogP contribution in [0.15, 0.2) is 42.7 Å². The fourth-order valence-electron chi connectivity index (χ4n) is 2.60. The van der Waals surface area contributed by atoms with Crippen molar-refractivity contribution in [3.63, 3.8) is 0 Å². The zero-order chi connectivity index (χ0) is 17.6. The Kier molecular flexibility index (Phi) is 5.14. The zero-order valence-electron chi connectivity index (χ0n) is 13.5. The molecule has 1 saturated heterocycles. The van der Waals surface area contributed by atoms with Gasteiger partial charge in [0.1, 0.15) is 12.4 Å². The van der Waals surface area contributed by atoms with E-state index < -0.39 is 4.92 Å². The molecular weight excluding hydrogens is 324 g/mol. The van der Waals surface area contributed by atoms with E-state index in [0.29, 0.717) is 38.7 Å². The molecule has 3 rings (SSSR count). The lowest BCUT2D eigenvalue weighted by atomic mass is 10.3. The summed E-state index contributed by atoms with van der Waals surface area (Å²) in [6.45, 7) is 3.04. The van der Waals surface area contributed by atoms with Gasteiger partial charge in [-0.15, -0.1) is 0 Å². The number of benzene rings is 1. The summed E-state index contributed by atoms with van der Waals surface area (Å²) < 4.78 is 0. The number of nitrogens with zero attached hydrogens (tertiary/aromatic N) is 5. The molecule has 9 heteroatoms. The Bertz CT molecular complexity index is 729. The highest BCUT2D eigenvalue weighted by atomic mass is 16.6. The normalized spacial score (nSPS) is 15.0. The van der Waals surface area contributed by atoms with Crippen LogP contribution in [0.1, 0.15) is 0 Å². The molecule has 0 radical (unpaired) electrons. The number of anilines is 2. The lowest BCUT2D eigenvalue weighted by Gasteiger charge is -2.34. The first kappa shape index (κ1) is 16.8. The van der Waals surface area contributed by atoms with Crippen LogP contribution in [0.3, 0.4) is 0 Å². The van der Waals surface area contributed by atoms with Crippen molar-refractivity contribution in [1.82, 2.24) is 14.9 Å². The SMILES string of the molecule is O=C(CN1CCN(c2ncc([N+](=O)[O-])cn2)CC1)Nc1ccccc1. The number of para-hydroxylation sites is 1. The van der Waals surface area contributed by atoms with Crippen molar-refractivity contribution in [3.05, 3.63) is 52.8 Å². The molecule has 1 amide bonds. The lowest BCUT2D eigenvalue weighted by Crippen LogP contribution is -2.49. The Balaban J connectivity index is 1.48. The maximum atomic E-state index is 12.1. The maximum Gasteiger partial charge on any atom is 0.305 e. The first-order valence-corrected chi connectivity index (χ1v) is 7.90. The van der Waals surface area contributed by atoms with E-state index in [1.165, 1.54) is 12.4 Å². The quantitative estimate of drug-likeness (QED) is 0.642. The van der Waals surface area contributed by atoms with Crippen molar-refractivity contribution < 1.29 is 9.72 Å². The summed E-state index contributed by atoms with van der Waals surface area (Å²) >= 11 is 0. The number of carbonyl (C=O) groups excluding carboxylic acids is 1. The van der Waals surface area contributed by atoms with Crippen LogP contribution in [0.25, 0.3) is 0 Å². The van der Waals surface area contributed by atoms with Gasteiger partial charge in [0.25, 0.3) is 0 Å². The van der Waals surface area contributed by atoms with E-state index in [4.69, 9.17) is 0 Å². The van der Waals surface area contributed by atoms with Gasteiger partial charge in [0.05, 0.1) is 11.5 Å². The van der Waals surface area contributed by atoms with Crippen molar-refractivity contribution in [2.75, 3.05) is 42.9 Å². The minimum Gasteiger partial charge on any atom is -0.338 e. The number of hydrogen-bond acceptors (Lipinski definition) is 7. The molecule has 25 heavy (non-hydrogen) atoms. The van der Waals surface area contributed by atoms with Crippen LogP contribution in [0, 0.1) is 10.1 Å². The first-order valence-electron chi connectivity index (χ1n) is 7.90. The van der Waals surface area contributed by atoms with Crippen LogP contribution < -0.4 is 10.2 Å². The molecule has 0 atom stereocenters. The third-order valence-electron chi connectivity index (χ3n) is 3.92. The third-order valence-corrected chi connectivity index (χ3v) is 3.92. The van der Waals surface area contributed by atoms with Gasteiger partial charge in [-0.25, -0.2) is 9.97 Å². The van der Waals surface area contributed by atoms with Crippen LogP contribution in [-0.2, 0) is 4.79 Å². The number of amides is 1. The summed E-state index contributed by atoms with van der Waals surface area (Å²) in [5.74, 6) is 0.422. The molecule has 1 aromatic heterocycles. The zero-order valence-corrected chi connectivity index (χ0v) is 13.5. The van der Waals surface area contributed by atoms with Gasteiger partial charge in [0, 0.05) is 31.9 Å². The number of nitro groups is 1. The standard InChI is InChI=1S/C16H18N6O3/c23-15(19-13-4-2-1-3-5-13)12-20-6-8-21(9-7-20)16-17-10-14(11-18-16)22(24)25/h1-5,10-11H,6-9,12H2,(H,19,23). The highest BCUT2D eigenvalue weighted by molar-refractivity contribution is 5.92. The van der Waals surface area contributed by atoms with Gasteiger partial charge >= 0.3 is 5.69 Å². The summed E-state index contributed by atoms with van der Waals surface area (Å²) in [4.78, 5) is 34.3. The van der Waals surface area contributed by atoms with Crippen LogP contribution in [-0.4, -0.2) is 58.4 Å². The average molecular weight is 342 g/mol. The minimum atomic E-state index is -0.521.